The lowest BCUT2D eigenvalue weighted by molar-refractivity contribution is -0.118. The van der Waals surface area contributed by atoms with Crippen molar-refractivity contribution in [3.8, 4) is 5.75 Å². The van der Waals surface area contributed by atoms with Crippen LogP contribution in [0.15, 0.2) is 59.5 Å². The third-order valence-electron chi connectivity index (χ3n) is 2.50. The molecule has 2 aromatic carbocycles. The summed E-state index contributed by atoms with van der Waals surface area (Å²) in [4.78, 5) is 11.7. The Morgan fingerprint density at radius 2 is 1.68 bits per heavy atom. The maximum absolute atomic E-state index is 12.5. The maximum atomic E-state index is 12.5. The molecule has 116 valence electrons. The third kappa shape index (κ3) is 5.33. The summed E-state index contributed by atoms with van der Waals surface area (Å²) in [5.74, 6) is -0.0188. The van der Waals surface area contributed by atoms with Crippen LogP contribution < -0.4 is 10.1 Å². The Morgan fingerprint density at radius 3 is 2.36 bits per heavy atom. The van der Waals surface area contributed by atoms with Crippen LogP contribution in [-0.4, -0.2) is 18.0 Å². The molecule has 0 aromatic heterocycles. The zero-order valence-corrected chi connectivity index (χ0v) is 12.1. The van der Waals surface area contributed by atoms with Crippen molar-refractivity contribution in [2.45, 2.75) is 10.4 Å². The van der Waals surface area contributed by atoms with Gasteiger partial charge in [0.1, 0.15) is 5.75 Å². The highest BCUT2D eigenvalue weighted by Gasteiger charge is 2.30. The van der Waals surface area contributed by atoms with Crippen LogP contribution in [0, 0.1) is 0 Å². The maximum Gasteiger partial charge on any atom is 0.446 e. The highest BCUT2D eigenvalue weighted by molar-refractivity contribution is 8.00. The van der Waals surface area contributed by atoms with Gasteiger partial charge in [0, 0.05) is 4.90 Å². The second-order valence-electron chi connectivity index (χ2n) is 4.19. The van der Waals surface area contributed by atoms with Gasteiger partial charge in [0.05, 0.1) is 5.69 Å². The van der Waals surface area contributed by atoms with E-state index < -0.39 is 11.4 Å². The zero-order chi connectivity index (χ0) is 16.0. The molecule has 0 saturated carbocycles. The molecule has 0 unspecified atom stereocenters. The van der Waals surface area contributed by atoms with Crippen molar-refractivity contribution in [2.24, 2.45) is 0 Å². The summed E-state index contributed by atoms with van der Waals surface area (Å²) in [5.41, 5.74) is -4.31. The number of carbonyl (C=O) groups is 1. The lowest BCUT2D eigenvalue weighted by atomic mass is 10.3. The predicted octanol–water partition coefficient (Wildman–Crippen LogP) is 4.32. The van der Waals surface area contributed by atoms with Gasteiger partial charge in [-0.15, -0.1) is 0 Å². The van der Waals surface area contributed by atoms with Gasteiger partial charge in [-0.3, -0.25) is 4.79 Å². The molecule has 0 saturated heterocycles. The number of carbonyl (C=O) groups excluding carboxylic acids is 1. The fraction of sp³-hybridized carbons (Fsp3) is 0.133. The summed E-state index contributed by atoms with van der Waals surface area (Å²) < 4.78 is 42.6. The van der Waals surface area contributed by atoms with Gasteiger partial charge in [0.25, 0.3) is 5.91 Å². The third-order valence-corrected chi connectivity index (χ3v) is 3.31. The van der Waals surface area contributed by atoms with Gasteiger partial charge in [0.15, 0.2) is 6.61 Å². The largest absolute Gasteiger partial charge is 0.484 e. The fourth-order valence-corrected chi connectivity index (χ4v) is 2.26. The Hall–Kier alpha value is -2.15. The highest BCUT2D eigenvalue weighted by atomic mass is 32.2. The molecule has 0 atom stereocenters. The van der Waals surface area contributed by atoms with Crippen molar-refractivity contribution in [3.63, 3.8) is 0 Å². The Labute approximate surface area is 129 Å². The summed E-state index contributed by atoms with van der Waals surface area (Å²) in [6, 6.07) is 14.4. The van der Waals surface area contributed by atoms with Crippen molar-refractivity contribution in [1.82, 2.24) is 0 Å². The first-order valence-electron chi connectivity index (χ1n) is 6.26. The minimum absolute atomic E-state index is 0.0666. The molecule has 0 heterocycles. The molecule has 0 aliphatic rings. The number of hydrogen-bond acceptors (Lipinski definition) is 3. The van der Waals surface area contributed by atoms with E-state index in [1.54, 1.807) is 36.4 Å². The summed E-state index contributed by atoms with van der Waals surface area (Å²) in [6.07, 6.45) is 0. The number of hydrogen-bond donors (Lipinski definition) is 1. The van der Waals surface area contributed by atoms with E-state index in [0.29, 0.717) is 5.75 Å². The van der Waals surface area contributed by atoms with E-state index in [-0.39, 0.29) is 29.0 Å². The molecule has 0 aliphatic carbocycles. The van der Waals surface area contributed by atoms with Crippen LogP contribution in [0.3, 0.4) is 0 Å². The van der Waals surface area contributed by atoms with Crippen LogP contribution in [0.4, 0.5) is 18.9 Å². The topological polar surface area (TPSA) is 38.3 Å². The molecule has 22 heavy (non-hydrogen) atoms. The van der Waals surface area contributed by atoms with E-state index >= 15 is 0 Å². The second-order valence-corrected chi connectivity index (χ2v) is 5.30. The quantitative estimate of drug-likeness (QED) is 0.831. The van der Waals surface area contributed by atoms with Gasteiger partial charge < -0.3 is 10.1 Å². The number of halogens is 3. The van der Waals surface area contributed by atoms with Crippen molar-refractivity contribution in [2.75, 3.05) is 11.9 Å². The lowest BCUT2D eigenvalue weighted by Gasteiger charge is -2.12. The van der Waals surface area contributed by atoms with Crippen LogP contribution in [0.25, 0.3) is 0 Å². The molecule has 7 heteroatoms. The van der Waals surface area contributed by atoms with Gasteiger partial charge in [0.2, 0.25) is 0 Å². The number of para-hydroxylation sites is 2. The number of thioether (sulfide) groups is 1. The fourth-order valence-electron chi connectivity index (χ4n) is 1.64. The van der Waals surface area contributed by atoms with Crippen LogP contribution in [0.1, 0.15) is 0 Å². The summed E-state index contributed by atoms with van der Waals surface area (Å²) in [6.45, 7) is -0.283. The molecule has 2 aromatic rings. The molecule has 1 N–H and O–H groups in total. The molecule has 0 bridgehead atoms. The van der Waals surface area contributed by atoms with E-state index in [1.807, 2.05) is 0 Å². The standard InChI is InChI=1S/C15H12F3NO2S/c16-15(17,18)22-13-9-5-4-8-12(13)19-14(20)10-21-11-6-2-1-3-7-11/h1-9H,10H2,(H,19,20). The summed E-state index contributed by atoms with van der Waals surface area (Å²) >= 11 is -0.272. The number of ether oxygens (including phenoxy) is 1. The Morgan fingerprint density at radius 1 is 1.05 bits per heavy atom. The summed E-state index contributed by atoms with van der Waals surface area (Å²) in [5, 5.41) is 2.42. The van der Waals surface area contributed by atoms with Gasteiger partial charge in [-0.05, 0) is 36.0 Å². The van der Waals surface area contributed by atoms with Crippen molar-refractivity contribution in [3.05, 3.63) is 54.6 Å². The molecule has 3 nitrogen and oxygen atoms in total. The number of rotatable bonds is 5. The lowest BCUT2D eigenvalue weighted by Crippen LogP contribution is -2.20. The van der Waals surface area contributed by atoms with Gasteiger partial charge in [-0.25, -0.2) is 0 Å². The Bertz CT molecular complexity index is 632. The Balaban J connectivity index is 1.97. The number of amides is 1. The molecular weight excluding hydrogens is 315 g/mol. The zero-order valence-electron chi connectivity index (χ0n) is 11.3. The smallest absolute Gasteiger partial charge is 0.446 e. The van der Waals surface area contributed by atoms with E-state index in [0.717, 1.165) is 0 Å². The first-order chi connectivity index (χ1) is 10.4. The van der Waals surface area contributed by atoms with E-state index in [9.17, 15) is 18.0 Å². The van der Waals surface area contributed by atoms with Crippen LogP contribution in [0.5, 0.6) is 5.75 Å². The molecular formula is C15H12F3NO2S. The van der Waals surface area contributed by atoms with Crippen molar-refractivity contribution >= 4 is 23.4 Å². The normalized spacial score (nSPS) is 11.0. The van der Waals surface area contributed by atoms with Crippen LogP contribution in [-0.2, 0) is 4.79 Å². The predicted molar refractivity (Wildman–Crippen MR) is 78.9 cm³/mol. The van der Waals surface area contributed by atoms with Gasteiger partial charge in [-0.2, -0.15) is 13.2 Å². The van der Waals surface area contributed by atoms with Crippen LogP contribution in [0.2, 0.25) is 0 Å². The van der Waals surface area contributed by atoms with Crippen LogP contribution >= 0.6 is 11.8 Å². The van der Waals surface area contributed by atoms with Crippen molar-refractivity contribution < 1.29 is 22.7 Å². The van der Waals surface area contributed by atoms with Gasteiger partial charge >= 0.3 is 5.51 Å². The van der Waals surface area contributed by atoms with Gasteiger partial charge in [-0.1, -0.05) is 30.3 Å². The molecule has 1 amide bonds. The molecule has 2 rings (SSSR count). The first kappa shape index (κ1) is 16.2. The molecule has 0 fully saturated rings. The first-order valence-corrected chi connectivity index (χ1v) is 7.08. The number of anilines is 1. The average molecular weight is 327 g/mol. The summed E-state index contributed by atoms with van der Waals surface area (Å²) in [7, 11) is 0. The minimum Gasteiger partial charge on any atom is -0.484 e. The van der Waals surface area contributed by atoms with E-state index in [4.69, 9.17) is 4.74 Å². The highest BCUT2D eigenvalue weighted by Crippen LogP contribution is 2.40. The Kier molecular flexibility index (Phi) is 5.32. The molecule has 0 spiro atoms. The number of benzene rings is 2. The monoisotopic (exact) mass is 327 g/mol. The minimum atomic E-state index is -4.42. The average Bonchev–Trinajstić information content (AvgIpc) is 2.47. The number of alkyl halides is 3. The SMILES string of the molecule is O=C(COc1ccccc1)Nc1ccccc1SC(F)(F)F. The molecule has 0 radical (unpaired) electrons. The second kappa shape index (κ2) is 7.22. The van der Waals surface area contributed by atoms with Crippen molar-refractivity contribution in [1.29, 1.82) is 0 Å². The van der Waals surface area contributed by atoms with E-state index in [2.05, 4.69) is 5.32 Å². The van der Waals surface area contributed by atoms with E-state index in [1.165, 1.54) is 18.2 Å². The number of nitrogens with one attached hydrogen (secondary N) is 1. The molecule has 0 aliphatic heterocycles.